The second-order valence-electron chi connectivity index (χ2n) is 7.77. The molecule has 174 valence electrons. The predicted octanol–water partition coefficient (Wildman–Crippen LogP) is 4.60. The zero-order valence-electron chi connectivity index (χ0n) is 18.5. The predicted molar refractivity (Wildman–Crippen MR) is 131 cm³/mol. The highest BCUT2D eigenvalue weighted by atomic mass is 32.1. The highest BCUT2D eigenvalue weighted by Gasteiger charge is 2.20. The first-order chi connectivity index (χ1) is 16.6. The summed E-state index contributed by atoms with van der Waals surface area (Å²) in [6.07, 6.45) is 0. The molecule has 1 aliphatic heterocycles. The Hall–Kier alpha value is -3.98. The van der Waals surface area contributed by atoms with Gasteiger partial charge in [-0.25, -0.2) is 4.79 Å². The van der Waals surface area contributed by atoms with Crippen molar-refractivity contribution in [1.82, 2.24) is 9.88 Å². The Morgan fingerprint density at radius 1 is 1.09 bits per heavy atom. The molecule has 34 heavy (non-hydrogen) atoms. The van der Waals surface area contributed by atoms with Gasteiger partial charge in [-0.05, 0) is 35.7 Å². The molecule has 2 aromatic heterocycles. The molecular weight excluding hydrogens is 454 g/mol. The molecule has 2 N–H and O–H groups in total. The van der Waals surface area contributed by atoms with E-state index in [9.17, 15) is 9.59 Å². The van der Waals surface area contributed by atoms with Crippen LogP contribution in [0.4, 0.5) is 10.5 Å². The molecule has 0 unspecified atom stereocenters. The minimum absolute atomic E-state index is 0.124. The summed E-state index contributed by atoms with van der Waals surface area (Å²) in [5, 5.41) is 5.67. The number of nitrogens with one attached hydrogen (secondary N) is 2. The summed E-state index contributed by atoms with van der Waals surface area (Å²) in [5.41, 5.74) is 1.42. The number of para-hydroxylation sites is 2. The highest BCUT2D eigenvalue weighted by Crippen LogP contribution is 2.34. The molecule has 9 heteroatoms. The van der Waals surface area contributed by atoms with E-state index in [4.69, 9.17) is 14.2 Å². The van der Waals surface area contributed by atoms with E-state index in [-0.39, 0.29) is 18.1 Å². The third kappa shape index (κ3) is 4.55. The first-order valence-electron chi connectivity index (χ1n) is 10.8. The number of rotatable bonds is 6. The number of H-pyrrole nitrogens is 1. The van der Waals surface area contributed by atoms with Gasteiger partial charge in [-0.15, -0.1) is 11.3 Å². The van der Waals surface area contributed by atoms with Crippen molar-refractivity contribution < 1.29 is 19.0 Å². The van der Waals surface area contributed by atoms with Gasteiger partial charge < -0.3 is 29.4 Å². The number of aromatic amines is 1. The summed E-state index contributed by atoms with van der Waals surface area (Å²) in [4.78, 5) is 31.7. The van der Waals surface area contributed by atoms with E-state index in [1.165, 1.54) is 0 Å². The van der Waals surface area contributed by atoms with Gasteiger partial charge in [0.2, 0.25) is 0 Å². The van der Waals surface area contributed by atoms with E-state index in [1.54, 1.807) is 47.6 Å². The van der Waals surface area contributed by atoms with Crippen LogP contribution in [0.3, 0.4) is 0 Å². The van der Waals surface area contributed by atoms with Crippen LogP contribution in [0.15, 0.2) is 64.8 Å². The number of methoxy groups -OCH3 is 1. The SMILES string of the molecule is COc1ccccc1NC(=O)N(Cc1cccs1)Cc1cc2cc3c(cc2[nH]c1=O)OCCO3. The summed E-state index contributed by atoms with van der Waals surface area (Å²) >= 11 is 1.55. The van der Waals surface area contributed by atoms with Gasteiger partial charge in [0.05, 0.1) is 31.4 Å². The van der Waals surface area contributed by atoms with Crippen LogP contribution in [0.2, 0.25) is 0 Å². The number of carbonyl (C=O) groups excluding carboxylic acids is 1. The van der Waals surface area contributed by atoms with Crippen molar-refractivity contribution in [1.29, 1.82) is 0 Å². The maximum atomic E-state index is 13.3. The van der Waals surface area contributed by atoms with Gasteiger partial charge in [0, 0.05) is 21.9 Å². The summed E-state index contributed by atoms with van der Waals surface area (Å²) in [6.45, 7) is 1.43. The normalized spacial score (nSPS) is 12.4. The number of anilines is 1. The van der Waals surface area contributed by atoms with Crippen molar-refractivity contribution in [2.75, 3.05) is 25.6 Å². The lowest BCUT2D eigenvalue weighted by atomic mass is 10.1. The van der Waals surface area contributed by atoms with Crippen molar-refractivity contribution >= 4 is 34.0 Å². The maximum Gasteiger partial charge on any atom is 0.322 e. The van der Waals surface area contributed by atoms with Crippen molar-refractivity contribution in [3.8, 4) is 17.2 Å². The molecule has 3 heterocycles. The van der Waals surface area contributed by atoms with E-state index < -0.39 is 0 Å². The first-order valence-corrected chi connectivity index (χ1v) is 11.7. The number of aromatic nitrogens is 1. The smallest absolute Gasteiger partial charge is 0.322 e. The third-order valence-electron chi connectivity index (χ3n) is 5.51. The van der Waals surface area contributed by atoms with Crippen LogP contribution >= 0.6 is 11.3 Å². The Morgan fingerprint density at radius 2 is 1.88 bits per heavy atom. The Kier molecular flexibility index (Phi) is 6.09. The van der Waals surface area contributed by atoms with Crippen molar-refractivity contribution in [2.24, 2.45) is 0 Å². The van der Waals surface area contributed by atoms with Crippen LogP contribution in [-0.4, -0.2) is 36.2 Å². The molecule has 0 saturated carbocycles. The van der Waals surface area contributed by atoms with E-state index in [2.05, 4.69) is 10.3 Å². The Bertz CT molecular complexity index is 1380. The molecule has 1 aliphatic rings. The Morgan fingerprint density at radius 3 is 2.65 bits per heavy atom. The fourth-order valence-corrected chi connectivity index (χ4v) is 4.56. The molecule has 0 aliphatic carbocycles. The third-order valence-corrected chi connectivity index (χ3v) is 6.37. The molecule has 0 bridgehead atoms. The number of urea groups is 1. The van der Waals surface area contributed by atoms with Gasteiger partial charge in [-0.2, -0.15) is 0 Å². The number of carbonyl (C=O) groups is 1. The second kappa shape index (κ2) is 9.48. The molecule has 0 spiro atoms. The largest absolute Gasteiger partial charge is 0.495 e. The van der Waals surface area contributed by atoms with Crippen LogP contribution < -0.4 is 25.1 Å². The Labute approximate surface area is 199 Å². The number of hydrogen-bond donors (Lipinski definition) is 2. The number of thiophene rings is 1. The van der Waals surface area contributed by atoms with Crippen LogP contribution in [-0.2, 0) is 13.1 Å². The molecule has 2 amide bonds. The van der Waals surface area contributed by atoms with Crippen molar-refractivity contribution in [3.63, 3.8) is 0 Å². The fourth-order valence-electron chi connectivity index (χ4n) is 3.84. The average Bonchev–Trinajstić information content (AvgIpc) is 3.36. The number of pyridine rings is 1. The average molecular weight is 478 g/mol. The molecule has 4 aromatic rings. The maximum absolute atomic E-state index is 13.3. The summed E-state index contributed by atoms with van der Waals surface area (Å²) in [5.74, 6) is 1.81. The molecule has 8 nitrogen and oxygen atoms in total. The number of amides is 2. The van der Waals surface area contributed by atoms with E-state index in [0.717, 1.165) is 10.3 Å². The monoisotopic (exact) mass is 477 g/mol. The quantitative estimate of drug-likeness (QED) is 0.423. The summed E-state index contributed by atoms with van der Waals surface area (Å²) in [6, 6.07) is 16.2. The lowest BCUT2D eigenvalue weighted by Crippen LogP contribution is -2.35. The minimum atomic E-state index is -0.334. The number of nitrogens with zero attached hydrogens (tertiary/aromatic N) is 1. The molecule has 0 fully saturated rings. The first kappa shape index (κ1) is 21.8. The lowest BCUT2D eigenvalue weighted by Gasteiger charge is -2.23. The van der Waals surface area contributed by atoms with Gasteiger partial charge in [-0.1, -0.05) is 18.2 Å². The number of benzene rings is 2. The standard InChI is InChI=1S/C25H23N3O5S/c1-31-21-7-3-2-6-19(21)27-25(30)28(15-18-5-4-10-34-18)14-17-11-16-12-22-23(33-9-8-32-22)13-20(16)26-24(17)29/h2-7,10-13H,8-9,14-15H2,1H3,(H,26,29)(H,27,30). The number of ether oxygens (including phenoxy) is 3. The molecular formula is C25H23N3O5S. The van der Waals surface area contributed by atoms with Gasteiger partial charge >= 0.3 is 6.03 Å². The van der Waals surface area contributed by atoms with Gasteiger partial charge in [0.15, 0.2) is 11.5 Å². The summed E-state index contributed by atoms with van der Waals surface area (Å²) < 4.78 is 16.6. The zero-order valence-corrected chi connectivity index (χ0v) is 19.3. The highest BCUT2D eigenvalue weighted by molar-refractivity contribution is 7.09. The van der Waals surface area contributed by atoms with E-state index >= 15 is 0 Å². The van der Waals surface area contributed by atoms with E-state index in [1.807, 2.05) is 35.7 Å². The lowest BCUT2D eigenvalue weighted by molar-refractivity contribution is 0.172. The van der Waals surface area contributed by atoms with Crippen LogP contribution in [0.25, 0.3) is 10.9 Å². The van der Waals surface area contributed by atoms with Crippen molar-refractivity contribution in [3.05, 3.63) is 80.8 Å². The Balaban J connectivity index is 1.46. The van der Waals surface area contributed by atoms with E-state index in [0.29, 0.717) is 53.8 Å². The molecule has 0 atom stereocenters. The zero-order chi connectivity index (χ0) is 23.5. The van der Waals surface area contributed by atoms with Gasteiger partial charge in [-0.3, -0.25) is 4.79 Å². The minimum Gasteiger partial charge on any atom is -0.495 e. The topological polar surface area (TPSA) is 92.9 Å². The number of fused-ring (bicyclic) bond motifs is 2. The number of hydrogen-bond acceptors (Lipinski definition) is 6. The van der Waals surface area contributed by atoms with Crippen LogP contribution in [0.1, 0.15) is 10.4 Å². The fraction of sp³-hybridized carbons (Fsp3) is 0.200. The van der Waals surface area contributed by atoms with Crippen LogP contribution in [0, 0.1) is 0 Å². The molecule has 5 rings (SSSR count). The molecule has 0 radical (unpaired) electrons. The van der Waals surface area contributed by atoms with Gasteiger partial charge in [0.1, 0.15) is 19.0 Å². The molecule has 0 saturated heterocycles. The summed E-state index contributed by atoms with van der Waals surface area (Å²) in [7, 11) is 1.55. The van der Waals surface area contributed by atoms with Crippen LogP contribution in [0.5, 0.6) is 17.2 Å². The molecule has 2 aromatic carbocycles. The second-order valence-corrected chi connectivity index (χ2v) is 8.80. The van der Waals surface area contributed by atoms with Crippen molar-refractivity contribution in [2.45, 2.75) is 13.1 Å². The van der Waals surface area contributed by atoms with Gasteiger partial charge in [0.25, 0.3) is 5.56 Å².